The minimum Gasteiger partial charge on any atom is -0.354 e. The summed E-state index contributed by atoms with van der Waals surface area (Å²) in [6.45, 7) is 6.70. The predicted molar refractivity (Wildman–Crippen MR) is 119 cm³/mol. The number of aryl methyl sites for hydroxylation is 3. The molecule has 0 fully saturated rings. The highest BCUT2D eigenvalue weighted by atomic mass is 32.1. The Bertz CT molecular complexity index is 1130. The predicted octanol–water partition coefficient (Wildman–Crippen LogP) is 4.08. The topological polar surface area (TPSA) is 64.0 Å². The minimum absolute atomic E-state index is 0.0115. The van der Waals surface area contributed by atoms with E-state index in [1.54, 1.807) is 15.9 Å². The molecular weight excluding hydrogens is 382 g/mol. The van der Waals surface area contributed by atoms with Crippen molar-refractivity contribution in [1.29, 1.82) is 0 Å². The monoisotopic (exact) mass is 409 g/mol. The van der Waals surface area contributed by atoms with Gasteiger partial charge in [0.15, 0.2) is 0 Å². The molecule has 0 aliphatic heterocycles. The van der Waals surface area contributed by atoms with Gasteiger partial charge >= 0.3 is 0 Å². The Balaban J connectivity index is 1.87. The highest BCUT2D eigenvalue weighted by Gasteiger charge is 2.23. The summed E-state index contributed by atoms with van der Waals surface area (Å²) in [5.74, 6) is 0.779. The number of carbonyl (C=O) groups excluding carboxylic acids is 1. The van der Waals surface area contributed by atoms with Crippen molar-refractivity contribution in [3.05, 3.63) is 50.6 Å². The third-order valence-corrected chi connectivity index (χ3v) is 6.55. The smallest absolute Gasteiger partial charge is 0.263 e. The first kappa shape index (κ1) is 19.8. The van der Waals surface area contributed by atoms with E-state index in [0.717, 1.165) is 52.6 Å². The molecule has 152 valence electrons. The Morgan fingerprint density at radius 2 is 2.07 bits per heavy atom. The van der Waals surface area contributed by atoms with Crippen molar-refractivity contribution in [2.24, 2.45) is 5.92 Å². The van der Waals surface area contributed by atoms with Crippen molar-refractivity contribution >= 4 is 27.5 Å². The van der Waals surface area contributed by atoms with Gasteiger partial charge in [-0.25, -0.2) is 4.98 Å². The maximum atomic E-state index is 13.6. The van der Waals surface area contributed by atoms with Gasteiger partial charge in [0.2, 0.25) is 5.91 Å². The Labute approximate surface area is 174 Å². The van der Waals surface area contributed by atoms with E-state index in [9.17, 15) is 9.59 Å². The molecule has 4 rings (SSSR count). The van der Waals surface area contributed by atoms with Crippen LogP contribution in [0.1, 0.15) is 42.7 Å². The molecule has 0 atom stereocenters. The maximum Gasteiger partial charge on any atom is 0.263 e. The number of rotatable bonds is 5. The van der Waals surface area contributed by atoms with Crippen molar-refractivity contribution in [2.75, 3.05) is 6.54 Å². The van der Waals surface area contributed by atoms with Crippen LogP contribution in [-0.4, -0.2) is 22.0 Å². The minimum atomic E-state index is -0.153. The van der Waals surface area contributed by atoms with Crippen molar-refractivity contribution in [2.45, 2.75) is 53.0 Å². The number of hydrogen-bond acceptors (Lipinski definition) is 4. The highest BCUT2D eigenvalue weighted by Crippen LogP contribution is 2.34. The van der Waals surface area contributed by atoms with E-state index in [2.05, 4.69) is 19.2 Å². The SMILES string of the molecule is Cc1cccc(-c2nc3sc4c(c3c(=O)n2CC(=O)NCC(C)C)CCCC4)c1. The van der Waals surface area contributed by atoms with E-state index in [1.165, 1.54) is 4.88 Å². The molecule has 0 bridgehead atoms. The lowest BCUT2D eigenvalue weighted by atomic mass is 9.97. The summed E-state index contributed by atoms with van der Waals surface area (Å²) in [6.07, 6.45) is 4.21. The Hall–Kier alpha value is -2.47. The first-order valence-electron chi connectivity index (χ1n) is 10.3. The zero-order valence-electron chi connectivity index (χ0n) is 17.2. The number of nitrogens with one attached hydrogen (secondary N) is 1. The number of fused-ring (bicyclic) bond motifs is 3. The number of thiophene rings is 1. The first-order valence-corrected chi connectivity index (χ1v) is 11.1. The number of benzene rings is 1. The molecular formula is C23H27N3O2S. The largest absolute Gasteiger partial charge is 0.354 e. The molecule has 1 aromatic carbocycles. The maximum absolute atomic E-state index is 13.6. The van der Waals surface area contributed by atoms with E-state index >= 15 is 0 Å². The standard InChI is InChI=1S/C23H27N3O2S/c1-14(2)12-24-19(27)13-26-21(16-8-6-7-15(3)11-16)25-22-20(23(26)28)17-9-4-5-10-18(17)29-22/h6-8,11,14H,4-5,9-10,12-13H2,1-3H3,(H,24,27). The summed E-state index contributed by atoms with van der Waals surface area (Å²) in [4.78, 5) is 33.1. The average molecular weight is 410 g/mol. The fourth-order valence-corrected chi connectivity index (χ4v) is 5.16. The van der Waals surface area contributed by atoms with Gasteiger partial charge in [0.05, 0.1) is 5.39 Å². The molecule has 1 aliphatic rings. The lowest BCUT2D eigenvalue weighted by Crippen LogP contribution is -2.35. The first-order chi connectivity index (χ1) is 13.9. The lowest BCUT2D eigenvalue weighted by molar-refractivity contribution is -0.121. The second-order valence-electron chi connectivity index (χ2n) is 8.29. The molecule has 5 nitrogen and oxygen atoms in total. The molecule has 1 N–H and O–H groups in total. The molecule has 3 aromatic rings. The van der Waals surface area contributed by atoms with Gasteiger partial charge in [0, 0.05) is 17.0 Å². The van der Waals surface area contributed by atoms with Crippen LogP contribution in [0.3, 0.4) is 0 Å². The normalized spacial score (nSPS) is 13.7. The second kappa shape index (κ2) is 8.11. The lowest BCUT2D eigenvalue weighted by Gasteiger charge is -2.15. The summed E-state index contributed by atoms with van der Waals surface area (Å²) >= 11 is 1.64. The third-order valence-electron chi connectivity index (χ3n) is 5.36. The number of aromatic nitrogens is 2. The van der Waals surface area contributed by atoms with Gasteiger partial charge in [0.25, 0.3) is 5.56 Å². The molecule has 0 saturated carbocycles. The molecule has 2 heterocycles. The van der Waals surface area contributed by atoms with Crippen LogP contribution >= 0.6 is 11.3 Å². The number of amides is 1. The average Bonchev–Trinajstić information content (AvgIpc) is 3.07. The summed E-state index contributed by atoms with van der Waals surface area (Å²) in [5, 5.41) is 3.65. The Morgan fingerprint density at radius 1 is 1.28 bits per heavy atom. The summed E-state index contributed by atoms with van der Waals surface area (Å²) in [7, 11) is 0. The van der Waals surface area contributed by atoms with E-state index < -0.39 is 0 Å². The van der Waals surface area contributed by atoms with Gasteiger partial charge in [-0.2, -0.15) is 0 Å². The second-order valence-corrected chi connectivity index (χ2v) is 9.37. The van der Waals surface area contributed by atoms with Crippen LogP contribution < -0.4 is 10.9 Å². The molecule has 2 aromatic heterocycles. The summed E-state index contributed by atoms with van der Waals surface area (Å²) in [5.41, 5.74) is 3.02. The molecule has 0 spiro atoms. The van der Waals surface area contributed by atoms with Crippen LogP contribution in [0.4, 0.5) is 0 Å². The van der Waals surface area contributed by atoms with Crippen LogP contribution in [0.2, 0.25) is 0 Å². The Kier molecular flexibility index (Phi) is 5.54. The van der Waals surface area contributed by atoms with Gasteiger partial charge in [-0.05, 0) is 50.2 Å². The fraction of sp³-hybridized carbons (Fsp3) is 0.435. The number of carbonyl (C=O) groups is 1. The molecule has 0 saturated heterocycles. The van der Waals surface area contributed by atoms with E-state index in [1.807, 2.05) is 31.2 Å². The summed E-state index contributed by atoms with van der Waals surface area (Å²) in [6, 6.07) is 7.95. The van der Waals surface area contributed by atoms with Gasteiger partial charge in [0.1, 0.15) is 17.2 Å². The van der Waals surface area contributed by atoms with E-state index in [-0.39, 0.29) is 18.0 Å². The van der Waals surface area contributed by atoms with Gasteiger partial charge in [-0.15, -0.1) is 11.3 Å². The van der Waals surface area contributed by atoms with Crippen LogP contribution in [0.15, 0.2) is 29.1 Å². The fourth-order valence-electron chi connectivity index (χ4n) is 3.91. The van der Waals surface area contributed by atoms with E-state index in [0.29, 0.717) is 18.3 Å². The molecule has 29 heavy (non-hydrogen) atoms. The van der Waals surface area contributed by atoms with Crippen molar-refractivity contribution in [1.82, 2.24) is 14.9 Å². The highest BCUT2D eigenvalue weighted by molar-refractivity contribution is 7.18. The van der Waals surface area contributed by atoms with E-state index in [4.69, 9.17) is 4.98 Å². The zero-order chi connectivity index (χ0) is 20.5. The van der Waals surface area contributed by atoms with Crippen LogP contribution in [0, 0.1) is 12.8 Å². The summed E-state index contributed by atoms with van der Waals surface area (Å²) < 4.78 is 1.56. The Morgan fingerprint density at radius 3 is 2.83 bits per heavy atom. The van der Waals surface area contributed by atoms with Crippen molar-refractivity contribution in [3.8, 4) is 11.4 Å². The number of hydrogen-bond donors (Lipinski definition) is 1. The van der Waals surface area contributed by atoms with Crippen molar-refractivity contribution < 1.29 is 4.79 Å². The molecule has 1 amide bonds. The molecule has 6 heteroatoms. The number of nitrogens with zero attached hydrogens (tertiary/aromatic N) is 2. The quantitative estimate of drug-likeness (QED) is 0.690. The molecule has 0 unspecified atom stereocenters. The van der Waals surface area contributed by atoms with Crippen LogP contribution in [-0.2, 0) is 24.2 Å². The zero-order valence-corrected chi connectivity index (χ0v) is 18.1. The van der Waals surface area contributed by atoms with Crippen LogP contribution in [0.5, 0.6) is 0 Å². The van der Waals surface area contributed by atoms with Crippen molar-refractivity contribution in [3.63, 3.8) is 0 Å². The molecule has 0 radical (unpaired) electrons. The van der Waals surface area contributed by atoms with Gasteiger partial charge < -0.3 is 5.32 Å². The molecule has 1 aliphatic carbocycles. The van der Waals surface area contributed by atoms with Crippen LogP contribution in [0.25, 0.3) is 21.6 Å². The van der Waals surface area contributed by atoms with Gasteiger partial charge in [-0.3, -0.25) is 14.2 Å². The van der Waals surface area contributed by atoms with Gasteiger partial charge in [-0.1, -0.05) is 37.6 Å². The third kappa shape index (κ3) is 3.99.